The van der Waals surface area contributed by atoms with E-state index in [0.717, 1.165) is 6.07 Å². The Kier molecular flexibility index (Phi) is 3.86. The molecule has 0 aromatic carbocycles. The highest BCUT2D eigenvalue weighted by molar-refractivity contribution is 7.80. The molecule has 1 aromatic rings. The molecule has 0 saturated heterocycles. The smallest absolute Gasteiger partial charge is 0.213 e. The Labute approximate surface area is 87.0 Å². The van der Waals surface area contributed by atoms with Gasteiger partial charge in [-0.25, -0.2) is 4.98 Å². The van der Waals surface area contributed by atoms with Gasteiger partial charge >= 0.3 is 0 Å². The van der Waals surface area contributed by atoms with Gasteiger partial charge in [-0.3, -0.25) is 0 Å². The third kappa shape index (κ3) is 2.43. The zero-order valence-electron chi connectivity index (χ0n) is 7.68. The van der Waals surface area contributed by atoms with Crippen molar-refractivity contribution in [3.05, 3.63) is 29.3 Å². The summed E-state index contributed by atoms with van der Waals surface area (Å²) >= 11 is 3.85. The molecule has 2 atom stereocenters. The van der Waals surface area contributed by atoms with Crippen LogP contribution in [-0.2, 0) is 0 Å². The van der Waals surface area contributed by atoms with Gasteiger partial charge in [0.05, 0.1) is 6.10 Å². The normalized spacial score (nSPS) is 15.2. The molecule has 3 nitrogen and oxygen atoms in total. The van der Waals surface area contributed by atoms with Gasteiger partial charge in [0.1, 0.15) is 6.10 Å². The first kappa shape index (κ1) is 11.4. The SMILES string of the molecule is Cc1cnc(F)cc1C(O)C(O)CS. The molecule has 0 fully saturated rings. The Morgan fingerprint density at radius 3 is 2.79 bits per heavy atom. The van der Waals surface area contributed by atoms with Gasteiger partial charge in [0.15, 0.2) is 0 Å². The fourth-order valence-corrected chi connectivity index (χ4v) is 1.34. The fraction of sp³-hybridized carbons (Fsp3) is 0.444. The molecule has 14 heavy (non-hydrogen) atoms. The van der Waals surface area contributed by atoms with Crippen LogP contribution >= 0.6 is 12.6 Å². The molecule has 0 aliphatic carbocycles. The Balaban J connectivity index is 2.99. The van der Waals surface area contributed by atoms with E-state index in [4.69, 9.17) is 0 Å². The molecule has 0 aliphatic rings. The summed E-state index contributed by atoms with van der Waals surface area (Å²) in [7, 11) is 0. The molecule has 2 unspecified atom stereocenters. The van der Waals surface area contributed by atoms with Crippen LogP contribution in [0.5, 0.6) is 0 Å². The molecule has 2 N–H and O–H groups in total. The summed E-state index contributed by atoms with van der Waals surface area (Å²) in [5.41, 5.74) is 0.985. The Bertz CT molecular complexity index is 322. The molecule has 0 amide bonds. The van der Waals surface area contributed by atoms with Crippen LogP contribution < -0.4 is 0 Å². The highest BCUT2D eigenvalue weighted by atomic mass is 32.1. The Morgan fingerprint density at radius 1 is 1.57 bits per heavy atom. The van der Waals surface area contributed by atoms with E-state index in [1.54, 1.807) is 6.92 Å². The molecule has 1 rings (SSSR count). The molecule has 1 heterocycles. The predicted molar refractivity (Wildman–Crippen MR) is 53.8 cm³/mol. The summed E-state index contributed by atoms with van der Waals surface area (Å²) in [5, 5.41) is 18.9. The Hall–Kier alpha value is -0.650. The number of thiol groups is 1. The number of aryl methyl sites for hydroxylation is 1. The summed E-state index contributed by atoms with van der Waals surface area (Å²) < 4.78 is 12.8. The average Bonchev–Trinajstić information content (AvgIpc) is 2.19. The van der Waals surface area contributed by atoms with E-state index in [9.17, 15) is 14.6 Å². The second-order valence-corrected chi connectivity index (χ2v) is 3.42. The average molecular weight is 217 g/mol. The van der Waals surface area contributed by atoms with Gasteiger partial charge in [0.2, 0.25) is 5.95 Å². The van der Waals surface area contributed by atoms with Crippen LogP contribution in [-0.4, -0.2) is 27.1 Å². The van der Waals surface area contributed by atoms with Gasteiger partial charge in [0.25, 0.3) is 0 Å². The maximum Gasteiger partial charge on any atom is 0.213 e. The number of rotatable bonds is 3. The molecule has 1 aromatic heterocycles. The number of hydrogen-bond acceptors (Lipinski definition) is 4. The molecule has 0 aliphatic heterocycles. The lowest BCUT2D eigenvalue weighted by Crippen LogP contribution is -2.20. The molecule has 0 bridgehead atoms. The van der Waals surface area contributed by atoms with E-state index >= 15 is 0 Å². The first-order chi connectivity index (χ1) is 6.56. The standard InChI is InChI=1S/C9H12FNO2S/c1-5-3-11-8(10)2-6(5)9(13)7(12)4-14/h2-3,7,9,12-14H,4H2,1H3. The van der Waals surface area contributed by atoms with Crippen molar-refractivity contribution in [2.24, 2.45) is 0 Å². The number of aromatic nitrogens is 1. The zero-order valence-corrected chi connectivity index (χ0v) is 8.58. The van der Waals surface area contributed by atoms with Crippen molar-refractivity contribution >= 4 is 12.6 Å². The van der Waals surface area contributed by atoms with Crippen molar-refractivity contribution in [1.29, 1.82) is 0 Å². The van der Waals surface area contributed by atoms with Crippen molar-refractivity contribution < 1.29 is 14.6 Å². The van der Waals surface area contributed by atoms with Gasteiger partial charge in [0, 0.05) is 11.9 Å². The van der Waals surface area contributed by atoms with E-state index in [1.807, 2.05) is 0 Å². The second-order valence-electron chi connectivity index (χ2n) is 3.06. The van der Waals surface area contributed by atoms with Crippen molar-refractivity contribution in [2.75, 3.05) is 5.75 Å². The summed E-state index contributed by atoms with van der Waals surface area (Å²) in [6.45, 7) is 1.69. The topological polar surface area (TPSA) is 53.4 Å². The highest BCUT2D eigenvalue weighted by Crippen LogP contribution is 2.21. The molecular weight excluding hydrogens is 205 g/mol. The van der Waals surface area contributed by atoms with Crippen molar-refractivity contribution in [1.82, 2.24) is 4.98 Å². The summed E-state index contributed by atoms with van der Waals surface area (Å²) in [6, 6.07) is 1.12. The number of hydrogen-bond donors (Lipinski definition) is 3. The van der Waals surface area contributed by atoms with Crippen LogP contribution in [0.2, 0.25) is 0 Å². The van der Waals surface area contributed by atoms with Crippen molar-refractivity contribution in [2.45, 2.75) is 19.1 Å². The van der Waals surface area contributed by atoms with Crippen molar-refractivity contribution in [3.8, 4) is 0 Å². The predicted octanol–water partition coefficient (Wildman–Crippen LogP) is 0.853. The minimum absolute atomic E-state index is 0.116. The molecule has 0 radical (unpaired) electrons. The monoisotopic (exact) mass is 217 g/mol. The molecular formula is C9H12FNO2S. The van der Waals surface area contributed by atoms with Crippen LogP contribution in [0.15, 0.2) is 12.3 Å². The first-order valence-electron chi connectivity index (χ1n) is 4.15. The number of aliphatic hydroxyl groups is 2. The molecule has 78 valence electrons. The van der Waals surface area contributed by atoms with Gasteiger partial charge in [-0.15, -0.1) is 0 Å². The van der Waals surface area contributed by atoms with E-state index in [-0.39, 0.29) is 5.75 Å². The molecule has 5 heteroatoms. The number of pyridine rings is 1. The zero-order chi connectivity index (χ0) is 10.7. The first-order valence-corrected chi connectivity index (χ1v) is 4.78. The Morgan fingerprint density at radius 2 is 2.21 bits per heavy atom. The lowest BCUT2D eigenvalue weighted by molar-refractivity contribution is 0.0331. The molecule has 0 spiro atoms. The van der Waals surface area contributed by atoms with E-state index in [1.165, 1.54) is 6.20 Å². The minimum atomic E-state index is -1.12. The third-order valence-electron chi connectivity index (χ3n) is 1.98. The van der Waals surface area contributed by atoms with Crippen LogP contribution in [0.3, 0.4) is 0 Å². The van der Waals surface area contributed by atoms with Crippen LogP contribution in [0.1, 0.15) is 17.2 Å². The summed E-state index contributed by atoms with van der Waals surface area (Å²) in [6.07, 6.45) is -0.803. The van der Waals surface area contributed by atoms with Crippen LogP contribution in [0.4, 0.5) is 4.39 Å². The van der Waals surface area contributed by atoms with E-state index in [2.05, 4.69) is 17.6 Å². The fourth-order valence-electron chi connectivity index (χ4n) is 1.14. The maximum absolute atomic E-state index is 12.8. The highest BCUT2D eigenvalue weighted by Gasteiger charge is 2.19. The number of aliphatic hydroxyl groups excluding tert-OH is 2. The largest absolute Gasteiger partial charge is 0.389 e. The van der Waals surface area contributed by atoms with Gasteiger partial charge in [-0.1, -0.05) is 0 Å². The number of nitrogens with zero attached hydrogens (tertiary/aromatic N) is 1. The lowest BCUT2D eigenvalue weighted by Gasteiger charge is -2.17. The quantitative estimate of drug-likeness (QED) is 0.520. The van der Waals surface area contributed by atoms with Crippen molar-refractivity contribution in [3.63, 3.8) is 0 Å². The van der Waals surface area contributed by atoms with Crippen LogP contribution in [0.25, 0.3) is 0 Å². The third-order valence-corrected chi connectivity index (χ3v) is 2.36. The van der Waals surface area contributed by atoms with Gasteiger partial charge < -0.3 is 10.2 Å². The number of halogens is 1. The summed E-state index contributed by atoms with van der Waals surface area (Å²) in [5.74, 6) is -0.555. The van der Waals surface area contributed by atoms with Gasteiger partial charge in [-0.05, 0) is 24.1 Å². The lowest BCUT2D eigenvalue weighted by atomic mass is 10.0. The van der Waals surface area contributed by atoms with E-state index in [0.29, 0.717) is 11.1 Å². The van der Waals surface area contributed by atoms with Gasteiger partial charge in [-0.2, -0.15) is 17.0 Å². The maximum atomic E-state index is 12.8. The molecule has 0 saturated carbocycles. The minimum Gasteiger partial charge on any atom is -0.389 e. The van der Waals surface area contributed by atoms with E-state index < -0.39 is 18.2 Å². The summed E-state index contributed by atoms with van der Waals surface area (Å²) in [4.78, 5) is 3.43. The second kappa shape index (κ2) is 4.72. The van der Waals surface area contributed by atoms with Crippen LogP contribution in [0, 0.1) is 12.9 Å².